The van der Waals surface area contributed by atoms with Crippen LogP contribution in [0.5, 0.6) is 5.75 Å². The maximum atomic E-state index is 10.6. The number of alkyl halides is 1. The molecule has 0 bridgehead atoms. The summed E-state index contributed by atoms with van der Waals surface area (Å²) in [5.41, 5.74) is 3.14. The summed E-state index contributed by atoms with van der Waals surface area (Å²) in [5, 5.41) is 10.6. The van der Waals surface area contributed by atoms with Crippen molar-refractivity contribution < 1.29 is 9.84 Å². The maximum absolute atomic E-state index is 10.6. The second kappa shape index (κ2) is 5.24. The maximum Gasteiger partial charge on any atom is 0.119 e. The topological polar surface area (TPSA) is 29.5 Å². The minimum absolute atomic E-state index is 0.110. The van der Waals surface area contributed by atoms with Crippen molar-refractivity contribution in [3.05, 3.63) is 29.3 Å². The van der Waals surface area contributed by atoms with E-state index in [1.807, 2.05) is 0 Å². The molecular formula is C19H25BrO2. The van der Waals surface area contributed by atoms with E-state index in [2.05, 4.69) is 41.1 Å². The fourth-order valence-corrected chi connectivity index (χ4v) is 6.64. The van der Waals surface area contributed by atoms with Crippen LogP contribution in [-0.2, 0) is 6.42 Å². The highest BCUT2D eigenvalue weighted by Crippen LogP contribution is 2.61. The lowest BCUT2D eigenvalue weighted by atomic mass is 9.55. The molecule has 3 aliphatic carbocycles. The lowest BCUT2D eigenvalue weighted by Gasteiger charge is -2.50. The molecule has 3 heteroatoms. The number of ether oxygens (including phenoxy) is 1. The van der Waals surface area contributed by atoms with E-state index in [0.717, 1.165) is 30.9 Å². The van der Waals surface area contributed by atoms with Crippen molar-refractivity contribution >= 4 is 15.9 Å². The molecule has 0 amide bonds. The van der Waals surface area contributed by atoms with Crippen LogP contribution in [0.1, 0.15) is 49.7 Å². The van der Waals surface area contributed by atoms with Crippen molar-refractivity contribution in [1.82, 2.24) is 0 Å². The Hall–Kier alpha value is -0.540. The fourth-order valence-electron chi connectivity index (χ4n) is 5.63. The van der Waals surface area contributed by atoms with Crippen molar-refractivity contribution in [2.24, 2.45) is 17.3 Å². The predicted molar refractivity (Wildman–Crippen MR) is 91.7 cm³/mol. The summed E-state index contributed by atoms with van der Waals surface area (Å²) in [6, 6.07) is 6.65. The van der Waals surface area contributed by atoms with Crippen LogP contribution in [0.4, 0.5) is 0 Å². The van der Waals surface area contributed by atoms with E-state index in [1.54, 1.807) is 12.7 Å². The summed E-state index contributed by atoms with van der Waals surface area (Å²) in [6.45, 7) is 2.32. The Kier molecular flexibility index (Phi) is 3.58. The van der Waals surface area contributed by atoms with Crippen molar-refractivity contribution in [3.8, 4) is 5.75 Å². The summed E-state index contributed by atoms with van der Waals surface area (Å²) in [6.07, 6.45) is 5.72. The minimum atomic E-state index is -0.185. The molecule has 120 valence electrons. The van der Waals surface area contributed by atoms with E-state index in [-0.39, 0.29) is 16.3 Å². The number of halogens is 1. The normalized spacial score (nSPS) is 43.2. The number of methoxy groups -OCH3 is 1. The van der Waals surface area contributed by atoms with E-state index in [9.17, 15) is 5.11 Å². The molecular weight excluding hydrogens is 340 g/mol. The van der Waals surface area contributed by atoms with Crippen LogP contribution in [0.3, 0.4) is 0 Å². The first-order chi connectivity index (χ1) is 10.5. The molecule has 2 saturated carbocycles. The Bertz CT molecular complexity index is 587. The first-order valence-electron chi connectivity index (χ1n) is 8.53. The number of benzene rings is 1. The molecule has 0 spiro atoms. The van der Waals surface area contributed by atoms with Crippen LogP contribution in [0.2, 0.25) is 0 Å². The Morgan fingerprint density at radius 3 is 2.91 bits per heavy atom. The second-order valence-corrected chi connectivity index (χ2v) is 8.90. The summed E-state index contributed by atoms with van der Waals surface area (Å²) < 4.78 is 5.39. The van der Waals surface area contributed by atoms with Crippen LogP contribution < -0.4 is 4.74 Å². The van der Waals surface area contributed by atoms with Gasteiger partial charge in [-0.1, -0.05) is 28.9 Å². The van der Waals surface area contributed by atoms with Crippen molar-refractivity contribution in [1.29, 1.82) is 0 Å². The van der Waals surface area contributed by atoms with Gasteiger partial charge in [0.2, 0.25) is 0 Å². The third-order valence-electron chi connectivity index (χ3n) is 6.87. The zero-order valence-electron chi connectivity index (χ0n) is 13.4. The molecule has 2 fully saturated rings. The molecule has 0 radical (unpaired) electrons. The molecule has 2 nitrogen and oxygen atoms in total. The van der Waals surface area contributed by atoms with Crippen LogP contribution in [-0.4, -0.2) is 23.1 Å². The number of aliphatic hydroxyl groups excluding tert-OH is 1. The molecule has 0 saturated heterocycles. The number of hydrogen-bond donors (Lipinski definition) is 1. The summed E-state index contributed by atoms with van der Waals surface area (Å²) in [5.74, 6) is 3.05. The van der Waals surface area contributed by atoms with Crippen LogP contribution in [0.25, 0.3) is 0 Å². The highest BCUT2D eigenvalue weighted by molar-refractivity contribution is 9.09. The Morgan fingerprint density at radius 1 is 1.32 bits per heavy atom. The first-order valence-corrected chi connectivity index (χ1v) is 9.45. The standard InChI is InChI=1S/C19H25BrO2/c1-19-8-7-14-13-6-4-12(22-2)9-11(13)3-5-15(14)16(19)10-17(20)18(19)21/h4,6,9,14-18,21H,3,5,7-8,10H2,1-2H3/t14-,15-,16+,17-,18-,19-/m1/s1. The molecule has 1 N–H and O–H groups in total. The van der Waals surface area contributed by atoms with Crippen LogP contribution >= 0.6 is 15.9 Å². The lowest BCUT2D eigenvalue weighted by molar-refractivity contribution is -0.0213. The monoisotopic (exact) mass is 364 g/mol. The van der Waals surface area contributed by atoms with E-state index in [4.69, 9.17) is 4.74 Å². The van der Waals surface area contributed by atoms with E-state index >= 15 is 0 Å². The molecule has 4 rings (SSSR count). The van der Waals surface area contributed by atoms with Gasteiger partial charge in [0.05, 0.1) is 13.2 Å². The number of hydrogen-bond acceptors (Lipinski definition) is 2. The Labute approximate surface area is 141 Å². The number of aliphatic hydroxyl groups is 1. The summed E-state index contributed by atoms with van der Waals surface area (Å²) in [4.78, 5) is 0.276. The van der Waals surface area contributed by atoms with Crippen molar-refractivity contribution in [2.45, 2.75) is 55.9 Å². The zero-order valence-corrected chi connectivity index (χ0v) is 15.0. The van der Waals surface area contributed by atoms with Crippen molar-refractivity contribution in [3.63, 3.8) is 0 Å². The second-order valence-electron chi connectivity index (χ2n) is 7.72. The predicted octanol–water partition coefficient (Wildman–Crippen LogP) is 4.29. The summed E-state index contributed by atoms with van der Waals surface area (Å²) >= 11 is 3.73. The van der Waals surface area contributed by atoms with E-state index < -0.39 is 0 Å². The van der Waals surface area contributed by atoms with Gasteiger partial charge in [-0.2, -0.15) is 0 Å². The first kappa shape index (κ1) is 15.0. The molecule has 0 heterocycles. The highest BCUT2D eigenvalue weighted by atomic mass is 79.9. The third-order valence-corrected chi connectivity index (χ3v) is 7.74. The van der Waals surface area contributed by atoms with Crippen LogP contribution in [0.15, 0.2) is 18.2 Å². The highest BCUT2D eigenvalue weighted by Gasteiger charge is 2.57. The van der Waals surface area contributed by atoms with Gasteiger partial charge in [0.25, 0.3) is 0 Å². The average molecular weight is 365 g/mol. The molecule has 22 heavy (non-hydrogen) atoms. The molecule has 1 aromatic rings. The molecule has 1 aromatic carbocycles. The Balaban J connectivity index is 1.69. The lowest BCUT2D eigenvalue weighted by Crippen LogP contribution is -2.44. The largest absolute Gasteiger partial charge is 0.497 e. The van der Waals surface area contributed by atoms with E-state index in [0.29, 0.717) is 11.8 Å². The molecule has 0 unspecified atom stereocenters. The van der Waals surface area contributed by atoms with Gasteiger partial charge >= 0.3 is 0 Å². The number of aryl methyl sites for hydroxylation is 1. The number of rotatable bonds is 1. The summed E-state index contributed by atoms with van der Waals surface area (Å²) in [7, 11) is 1.75. The average Bonchev–Trinajstić information content (AvgIpc) is 2.77. The van der Waals surface area contributed by atoms with Gasteiger partial charge in [-0.15, -0.1) is 0 Å². The van der Waals surface area contributed by atoms with Crippen molar-refractivity contribution in [2.75, 3.05) is 7.11 Å². The van der Waals surface area contributed by atoms with Crippen LogP contribution in [0, 0.1) is 17.3 Å². The molecule has 6 atom stereocenters. The van der Waals surface area contributed by atoms with Gasteiger partial charge in [0.15, 0.2) is 0 Å². The quantitative estimate of drug-likeness (QED) is 0.753. The van der Waals surface area contributed by atoms with Gasteiger partial charge < -0.3 is 9.84 Å². The fraction of sp³-hybridized carbons (Fsp3) is 0.684. The third kappa shape index (κ3) is 2.01. The van der Waals surface area contributed by atoms with Gasteiger partial charge in [-0.3, -0.25) is 0 Å². The minimum Gasteiger partial charge on any atom is -0.497 e. The van der Waals surface area contributed by atoms with Gasteiger partial charge in [-0.05, 0) is 78.5 Å². The zero-order chi connectivity index (χ0) is 15.5. The molecule has 3 aliphatic rings. The SMILES string of the molecule is COc1ccc2c(c1)CC[C@@H]1[C@@H]2CC[C@@]2(C)[C@H](O)[C@H](Br)C[C@@H]12. The molecule has 0 aliphatic heterocycles. The Morgan fingerprint density at radius 2 is 2.14 bits per heavy atom. The molecule has 0 aromatic heterocycles. The smallest absolute Gasteiger partial charge is 0.119 e. The van der Waals surface area contributed by atoms with Gasteiger partial charge in [0.1, 0.15) is 5.75 Å². The van der Waals surface area contributed by atoms with Gasteiger partial charge in [-0.25, -0.2) is 0 Å². The van der Waals surface area contributed by atoms with E-state index in [1.165, 1.54) is 18.4 Å². The van der Waals surface area contributed by atoms with Gasteiger partial charge in [0, 0.05) is 4.83 Å². The number of fused-ring (bicyclic) bond motifs is 5.